The molecule has 1 amide bonds. The van der Waals surface area contributed by atoms with Gasteiger partial charge in [0, 0.05) is 11.8 Å². The first kappa shape index (κ1) is 35.4. The minimum Gasteiger partial charge on any atom is -0.480 e. The van der Waals surface area contributed by atoms with Gasteiger partial charge in [0.1, 0.15) is 6.54 Å². The van der Waals surface area contributed by atoms with E-state index in [1.807, 2.05) is 0 Å². The number of hydrogen-bond acceptors (Lipinski definition) is 5. The lowest BCUT2D eigenvalue weighted by atomic mass is 9.91. The zero-order chi connectivity index (χ0) is 30.9. The Balaban J connectivity index is 6.55. The van der Waals surface area contributed by atoms with Gasteiger partial charge in [-0.1, -0.05) is 0 Å². The lowest BCUT2D eigenvalue weighted by Crippen LogP contribution is -2.72. The van der Waals surface area contributed by atoms with E-state index in [-0.39, 0.29) is 0 Å². The van der Waals surface area contributed by atoms with E-state index in [2.05, 4.69) is 0 Å². The van der Waals surface area contributed by atoms with Crippen molar-refractivity contribution in [3.8, 4) is 0 Å². The third-order valence-electron chi connectivity index (χ3n) is 4.06. The Bertz CT molecular complexity index is 951. The van der Waals surface area contributed by atoms with Crippen molar-refractivity contribution in [3.63, 3.8) is 0 Å². The Labute approximate surface area is 203 Å². The number of alkyl halides is 15. The summed E-state index contributed by atoms with van der Waals surface area (Å²) in [7, 11) is 0. The highest BCUT2D eigenvalue weighted by Crippen LogP contribution is 2.63. The average Bonchev–Trinajstić information content (AvgIpc) is 2.72. The summed E-state index contributed by atoms with van der Waals surface area (Å²) >= 11 is -1.08. The monoisotopic (exact) mass is 616 g/mol. The van der Waals surface area contributed by atoms with E-state index in [0.717, 1.165) is 0 Å². The number of rotatable bonds is 13. The molecule has 0 aliphatic rings. The largest absolute Gasteiger partial charge is 0.480 e. The van der Waals surface area contributed by atoms with Crippen LogP contribution in [0.25, 0.3) is 0 Å². The molecule has 0 radical (unpaired) electrons. The number of carbonyl (C=O) groups is 3. The summed E-state index contributed by atoms with van der Waals surface area (Å²) in [6, 6.07) is -2.24. The van der Waals surface area contributed by atoms with Gasteiger partial charge in [0.15, 0.2) is 0 Å². The number of carboxylic acid groups (broad SMARTS) is 2. The first-order chi connectivity index (χ1) is 16.5. The molecule has 0 aromatic carbocycles. The lowest BCUT2D eigenvalue weighted by Gasteiger charge is -2.41. The van der Waals surface area contributed by atoms with Crippen LogP contribution >= 0.6 is 11.8 Å². The van der Waals surface area contributed by atoms with Crippen LogP contribution in [0.4, 0.5) is 65.9 Å². The van der Waals surface area contributed by atoms with Gasteiger partial charge in [0.05, 0.1) is 10.9 Å². The molecule has 0 heterocycles. The Morgan fingerprint density at radius 3 is 1.50 bits per heavy atom. The fraction of sp³-hybridized carbons (Fsp3) is 0.667. The maximum atomic E-state index is 14.3. The average molecular weight is 616 g/mol. The van der Waals surface area contributed by atoms with Gasteiger partial charge in [0.2, 0.25) is 5.91 Å². The molecule has 0 bridgehead atoms. The number of carbonyl (C=O) groups excluding carboxylic acids is 1. The second-order valence-corrected chi connectivity index (χ2v) is 7.88. The fourth-order valence-electron chi connectivity index (χ4n) is 2.01. The van der Waals surface area contributed by atoms with Gasteiger partial charge in [-0.3, -0.25) is 9.59 Å². The Kier molecular flexibility index (Phi) is 10.1. The number of aliphatic carboxylic acids is 2. The molecular weight excluding hydrogens is 605 g/mol. The Morgan fingerprint density at radius 2 is 1.13 bits per heavy atom. The molecule has 0 aromatic rings. The molecule has 0 fully saturated rings. The van der Waals surface area contributed by atoms with E-state index in [4.69, 9.17) is 15.9 Å². The van der Waals surface area contributed by atoms with Crippen LogP contribution in [0, 0.1) is 0 Å². The van der Waals surface area contributed by atoms with Crippen LogP contribution in [0.15, 0.2) is 11.0 Å². The van der Waals surface area contributed by atoms with E-state index in [1.54, 1.807) is 0 Å². The molecule has 0 aliphatic heterocycles. The van der Waals surface area contributed by atoms with Crippen molar-refractivity contribution in [2.24, 2.45) is 5.73 Å². The molecule has 5 N–H and O–H groups in total. The summed E-state index contributed by atoms with van der Waals surface area (Å²) in [5, 5.41) is 18.3. The second-order valence-electron chi connectivity index (χ2n) is 6.82. The van der Waals surface area contributed by atoms with Gasteiger partial charge in [0.25, 0.3) is 0 Å². The molecule has 1 atom stereocenters. The van der Waals surface area contributed by atoms with Crippen molar-refractivity contribution in [2.75, 3.05) is 12.3 Å². The minimum atomic E-state index is -8.57. The molecule has 0 spiro atoms. The van der Waals surface area contributed by atoms with Crippen LogP contribution in [0.5, 0.6) is 0 Å². The fourth-order valence-corrected chi connectivity index (χ4v) is 3.01. The molecule has 23 heteroatoms. The van der Waals surface area contributed by atoms with E-state index < -0.39 is 101 Å². The third kappa shape index (κ3) is 6.17. The quantitative estimate of drug-likeness (QED) is 0.184. The van der Waals surface area contributed by atoms with Crippen molar-refractivity contribution in [3.05, 3.63) is 11.0 Å². The minimum absolute atomic E-state index is 1.08. The summed E-state index contributed by atoms with van der Waals surface area (Å²) in [6.07, 6.45) is -8.88. The first-order valence-corrected chi connectivity index (χ1v) is 9.69. The number of thioether (sulfide) groups is 1. The van der Waals surface area contributed by atoms with Gasteiger partial charge >= 0.3 is 53.7 Å². The van der Waals surface area contributed by atoms with Crippen LogP contribution in [0.1, 0.15) is 0 Å². The van der Waals surface area contributed by atoms with Crippen LogP contribution < -0.4 is 11.1 Å². The topological polar surface area (TPSA) is 130 Å². The van der Waals surface area contributed by atoms with E-state index >= 15 is 0 Å². The number of carboxylic acids is 2. The maximum Gasteiger partial charge on any atom is 0.460 e. The highest BCUT2D eigenvalue weighted by atomic mass is 32.2. The predicted octanol–water partition coefficient (Wildman–Crippen LogP) is 3.59. The van der Waals surface area contributed by atoms with Crippen molar-refractivity contribution in [1.29, 1.82) is 0 Å². The smallest absolute Gasteiger partial charge is 0.460 e. The Hall–Kier alpha value is -2.59. The molecule has 222 valence electrons. The molecule has 0 aliphatic carbocycles. The number of allylic oxidation sites excluding steroid dienone is 1. The molecule has 38 heavy (non-hydrogen) atoms. The van der Waals surface area contributed by atoms with Crippen molar-refractivity contribution < 1.29 is 90.5 Å². The summed E-state index contributed by atoms with van der Waals surface area (Å²) < 4.78 is 200. The summed E-state index contributed by atoms with van der Waals surface area (Å²) in [5.41, 5.74) is 5.05. The zero-order valence-electron chi connectivity index (χ0n) is 17.3. The molecule has 0 rings (SSSR count). The molecule has 0 saturated carbocycles. The maximum absolute atomic E-state index is 14.3. The van der Waals surface area contributed by atoms with Gasteiger partial charge < -0.3 is 21.3 Å². The first-order valence-electron chi connectivity index (χ1n) is 8.70. The van der Waals surface area contributed by atoms with Crippen LogP contribution in [-0.2, 0) is 14.4 Å². The summed E-state index contributed by atoms with van der Waals surface area (Å²) in [6.45, 7) is -1.18. The molecule has 1 unspecified atom stereocenters. The zero-order valence-corrected chi connectivity index (χ0v) is 18.2. The summed E-state index contributed by atoms with van der Waals surface area (Å²) in [5.74, 6) is -56.3. The lowest BCUT2D eigenvalue weighted by molar-refractivity contribution is -0.449. The van der Waals surface area contributed by atoms with Crippen LogP contribution in [0.2, 0.25) is 0 Å². The van der Waals surface area contributed by atoms with Crippen molar-refractivity contribution in [1.82, 2.24) is 5.32 Å². The number of hydrogen-bond donors (Lipinski definition) is 4. The number of halogens is 15. The normalized spacial score (nSPS) is 15.7. The van der Waals surface area contributed by atoms with Crippen molar-refractivity contribution in [2.45, 2.75) is 47.8 Å². The second kappa shape index (κ2) is 10.9. The standard InChI is InChI=1S/C15H11F15N2O5S/c16-9(17,5(1-6(33)34)38-3-4(31)8(37)32-2-7(35)36)10(18,19)11(20,21)12(22,23)13(24,25)14(26,27)15(28,29)30/h1,4H,2-3,31H2,(H,32,37)(H,33,34)(H,35,36)/b5-1-. The SMILES string of the molecule is NC(CS/C(=C\C(=O)O)C(F)(F)C(F)(F)C(F)(F)C(F)(F)C(F)(F)C(F)(F)C(F)(F)F)C(=O)NCC(=O)O. The molecule has 7 nitrogen and oxygen atoms in total. The van der Waals surface area contributed by atoms with Crippen LogP contribution in [0.3, 0.4) is 0 Å². The van der Waals surface area contributed by atoms with Crippen molar-refractivity contribution >= 4 is 29.6 Å². The van der Waals surface area contributed by atoms with E-state index in [9.17, 15) is 80.2 Å². The van der Waals surface area contributed by atoms with Gasteiger partial charge in [-0.2, -0.15) is 65.9 Å². The highest BCUT2D eigenvalue weighted by Gasteiger charge is 2.93. The van der Waals surface area contributed by atoms with Gasteiger partial charge in [-0.05, 0) is 0 Å². The highest BCUT2D eigenvalue weighted by molar-refractivity contribution is 8.03. The number of amides is 1. The van der Waals surface area contributed by atoms with E-state index in [1.165, 1.54) is 5.32 Å². The molecular formula is C15H11F15N2O5S. The van der Waals surface area contributed by atoms with E-state index in [0.29, 0.717) is 0 Å². The van der Waals surface area contributed by atoms with Gasteiger partial charge in [-0.25, -0.2) is 4.79 Å². The van der Waals surface area contributed by atoms with Gasteiger partial charge in [-0.15, -0.1) is 11.8 Å². The molecule has 0 aromatic heterocycles. The van der Waals surface area contributed by atoms with Crippen LogP contribution in [-0.4, -0.2) is 88.1 Å². The third-order valence-corrected chi connectivity index (χ3v) is 5.27. The molecule has 0 saturated heterocycles. The number of nitrogens with one attached hydrogen (secondary N) is 1. The Morgan fingerprint density at radius 1 is 0.737 bits per heavy atom. The summed E-state index contributed by atoms with van der Waals surface area (Å²) in [4.78, 5) is 29.5. The number of nitrogens with two attached hydrogens (primary N) is 1. The predicted molar refractivity (Wildman–Crippen MR) is 92.5 cm³/mol.